The molecule has 1 aliphatic heterocycles. The summed E-state index contributed by atoms with van der Waals surface area (Å²) < 4.78 is 5.37. The maximum Gasteiger partial charge on any atom is 0.216 e. The highest BCUT2D eigenvalue weighted by Gasteiger charge is 2.18. The van der Waals surface area contributed by atoms with Crippen LogP contribution in [0.25, 0.3) is 0 Å². The van der Waals surface area contributed by atoms with E-state index in [1.54, 1.807) is 0 Å². The average molecular weight is 344 g/mol. The summed E-state index contributed by atoms with van der Waals surface area (Å²) in [6.45, 7) is 11.1. The van der Waals surface area contributed by atoms with Crippen molar-refractivity contribution in [3.8, 4) is 0 Å². The van der Waals surface area contributed by atoms with E-state index in [0.29, 0.717) is 0 Å². The average Bonchev–Trinajstić information content (AvgIpc) is 2.45. The van der Waals surface area contributed by atoms with Crippen molar-refractivity contribution < 1.29 is 9.53 Å². The Morgan fingerprint density at radius 2 is 1.91 bits per heavy atom. The molecule has 22 heavy (non-hydrogen) atoms. The van der Waals surface area contributed by atoms with Gasteiger partial charge < -0.3 is 4.74 Å². The van der Waals surface area contributed by atoms with Crippen LogP contribution in [0.4, 0.5) is 0 Å². The van der Waals surface area contributed by atoms with Gasteiger partial charge in [-0.25, -0.2) is 0 Å². The van der Waals surface area contributed by atoms with E-state index >= 15 is 0 Å². The number of hydrogen-bond acceptors (Lipinski definition) is 3. The molecule has 0 radical (unpaired) electrons. The molecule has 0 spiro atoms. The maximum atomic E-state index is 11.7. The van der Waals surface area contributed by atoms with Crippen molar-refractivity contribution in [2.45, 2.75) is 32.6 Å². The normalized spacial score (nSPS) is 16.2. The molecule has 0 aliphatic carbocycles. The van der Waals surface area contributed by atoms with Crippen LogP contribution in [-0.4, -0.2) is 42.9 Å². The van der Waals surface area contributed by atoms with Gasteiger partial charge in [0.15, 0.2) is 0 Å². The van der Waals surface area contributed by atoms with Crippen molar-refractivity contribution in [1.29, 1.82) is 0 Å². The van der Waals surface area contributed by atoms with Crippen LogP contribution in [0, 0.1) is 0 Å². The molecule has 0 aromatic heterocycles. The van der Waals surface area contributed by atoms with Crippen molar-refractivity contribution in [3.05, 3.63) is 34.9 Å². The number of thiol groups is 1. The second kappa shape index (κ2) is 8.34. The summed E-state index contributed by atoms with van der Waals surface area (Å²) in [6.07, 6.45) is 0.881. The van der Waals surface area contributed by atoms with E-state index < -0.39 is 0 Å². The van der Waals surface area contributed by atoms with Crippen LogP contribution < -0.4 is 0 Å². The molecule has 5 heteroatoms. The standard InChI is InChI=1S/C17H25NO2S.ClH/c1-17(2,3)14-4-5-15(16(19)21)13(12-14)6-7-18-8-10-20-11-9-18;/h4-5,12H,6-11H2,1-3H3,(H,19,21);1H. The van der Waals surface area contributed by atoms with Crippen LogP contribution in [0.1, 0.15) is 42.3 Å². The van der Waals surface area contributed by atoms with Gasteiger partial charge in [0.25, 0.3) is 0 Å². The van der Waals surface area contributed by atoms with Crippen LogP contribution in [-0.2, 0) is 16.6 Å². The molecule has 0 amide bonds. The lowest BCUT2D eigenvalue weighted by Crippen LogP contribution is -2.37. The van der Waals surface area contributed by atoms with Gasteiger partial charge in [0, 0.05) is 25.2 Å². The van der Waals surface area contributed by atoms with E-state index in [4.69, 9.17) is 4.74 Å². The number of ether oxygens (including phenoxy) is 1. The van der Waals surface area contributed by atoms with Crippen molar-refractivity contribution in [3.63, 3.8) is 0 Å². The van der Waals surface area contributed by atoms with Crippen molar-refractivity contribution in [2.75, 3.05) is 32.8 Å². The lowest BCUT2D eigenvalue weighted by molar-refractivity contribution is 0.0384. The minimum Gasteiger partial charge on any atom is -0.379 e. The second-order valence-corrected chi connectivity index (χ2v) is 7.04. The van der Waals surface area contributed by atoms with Gasteiger partial charge in [0.05, 0.1) is 13.2 Å². The Balaban J connectivity index is 0.00000242. The number of halogens is 1. The number of benzene rings is 1. The molecule has 0 saturated carbocycles. The third kappa shape index (κ3) is 5.27. The number of carbonyl (C=O) groups excluding carboxylic acids is 1. The van der Waals surface area contributed by atoms with Crippen LogP contribution in [0.3, 0.4) is 0 Å². The summed E-state index contributed by atoms with van der Waals surface area (Å²) in [6, 6.07) is 6.14. The molecule has 1 fully saturated rings. The van der Waals surface area contributed by atoms with Gasteiger partial charge in [-0.05, 0) is 29.0 Å². The predicted molar refractivity (Wildman–Crippen MR) is 96.7 cm³/mol. The largest absolute Gasteiger partial charge is 0.379 e. The molecule has 0 N–H and O–H groups in total. The van der Waals surface area contributed by atoms with Gasteiger partial charge in [0.1, 0.15) is 0 Å². The molecule has 1 aromatic rings. The Morgan fingerprint density at radius 3 is 2.45 bits per heavy atom. The highest BCUT2D eigenvalue weighted by atomic mass is 35.5. The molecular formula is C17H26ClNO2S. The second-order valence-electron chi connectivity index (χ2n) is 6.63. The maximum absolute atomic E-state index is 11.7. The Kier molecular flexibility index (Phi) is 7.39. The summed E-state index contributed by atoms with van der Waals surface area (Å²) in [5, 5.41) is -0.146. The first-order valence-corrected chi connectivity index (χ1v) is 7.99. The first-order valence-electron chi connectivity index (χ1n) is 7.55. The molecule has 124 valence electrons. The van der Waals surface area contributed by atoms with Crippen LogP contribution in [0.5, 0.6) is 0 Å². The van der Waals surface area contributed by atoms with E-state index in [1.807, 2.05) is 12.1 Å². The summed E-state index contributed by atoms with van der Waals surface area (Å²) in [7, 11) is 0. The predicted octanol–water partition coefficient (Wildman–Crippen LogP) is 3.35. The van der Waals surface area contributed by atoms with Gasteiger partial charge in [-0.3, -0.25) is 9.69 Å². The highest BCUT2D eigenvalue weighted by Crippen LogP contribution is 2.25. The van der Waals surface area contributed by atoms with Crippen molar-refractivity contribution >= 4 is 30.2 Å². The SMILES string of the molecule is CC(C)(C)c1ccc(C(=O)S)c(CCN2CCOCC2)c1.Cl. The third-order valence-corrected chi connectivity index (χ3v) is 4.24. The van der Waals surface area contributed by atoms with Gasteiger partial charge >= 0.3 is 0 Å². The van der Waals surface area contributed by atoms with Crippen LogP contribution in [0.15, 0.2) is 18.2 Å². The van der Waals surface area contributed by atoms with Crippen LogP contribution >= 0.6 is 25.0 Å². The Hall–Kier alpha value is -0.550. The molecule has 1 aliphatic rings. The Morgan fingerprint density at radius 1 is 1.27 bits per heavy atom. The summed E-state index contributed by atoms with van der Waals surface area (Å²) in [5.74, 6) is 0. The first-order chi connectivity index (χ1) is 9.88. The molecule has 3 nitrogen and oxygen atoms in total. The molecule has 1 heterocycles. The van der Waals surface area contributed by atoms with Crippen molar-refractivity contribution in [1.82, 2.24) is 4.90 Å². The zero-order valence-corrected chi connectivity index (χ0v) is 15.3. The summed E-state index contributed by atoms with van der Waals surface area (Å²) in [5.41, 5.74) is 3.19. The smallest absolute Gasteiger partial charge is 0.216 e. The molecule has 1 saturated heterocycles. The first kappa shape index (κ1) is 19.5. The third-order valence-electron chi connectivity index (χ3n) is 4.00. The van der Waals surface area contributed by atoms with Gasteiger partial charge in [-0.15, -0.1) is 25.0 Å². The van der Waals surface area contributed by atoms with Crippen molar-refractivity contribution in [2.24, 2.45) is 0 Å². The number of morpholine rings is 1. The zero-order chi connectivity index (χ0) is 15.5. The van der Waals surface area contributed by atoms with Gasteiger partial charge in [-0.1, -0.05) is 32.9 Å². The summed E-state index contributed by atoms with van der Waals surface area (Å²) >= 11 is 4.01. The van der Waals surface area contributed by atoms with E-state index in [-0.39, 0.29) is 22.9 Å². The number of carbonyl (C=O) groups is 1. The minimum absolute atomic E-state index is 0. The van der Waals surface area contributed by atoms with Gasteiger partial charge in [0.2, 0.25) is 5.12 Å². The molecule has 0 unspecified atom stereocenters. The fourth-order valence-corrected chi connectivity index (χ4v) is 2.80. The topological polar surface area (TPSA) is 29.5 Å². The Labute approximate surface area is 145 Å². The number of hydrogen-bond donors (Lipinski definition) is 1. The minimum atomic E-state index is -0.146. The van der Waals surface area contributed by atoms with Crippen LogP contribution in [0.2, 0.25) is 0 Å². The zero-order valence-electron chi connectivity index (χ0n) is 13.6. The summed E-state index contributed by atoms with van der Waals surface area (Å²) in [4.78, 5) is 14.1. The lowest BCUT2D eigenvalue weighted by atomic mass is 9.85. The number of nitrogens with zero attached hydrogens (tertiary/aromatic N) is 1. The van der Waals surface area contributed by atoms with E-state index in [2.05, 4.69) is 44.4 Å². The fourth-order valence-electron chi connectivity index (χ4n) is 2.58. The fraction of sp³-hybridized carbons (Fsp3) is 0.588. The highest BCUT2D eigenvalue weighted by molar-refractivity contribution is 7.97. The Bertz CT molecular complexity index is 508. The molecule has 0 atom stereocenters. The molecular weight excluding hydrogens is 318 g/mol. The lowest BCUT2D eigenvalue weighted by Gasteiger charge is -2.27. The quantitative estimate of drug-likeness (QED) is 0.850. The van der Waals surface area contributed by atoms with E-state index in [9.17, 15) is 4.79 Å². The van der Waals surface area contributed by atoms with E-state index in [1.165, 1.54) is 5.56 Å². The molecule has 0 bridgehead atoms. The number of rotatable bonds is 4. The molecule has 2 rings (SSSR count). The van der Waals surface area contributed by atoms with E-state index in [0.717, 1.165) is 50.4 Å². The monoisotopic (exact) mass is 343 g/mol. The molecule has 1 aromatic carbocycles. The van der Waals surface area contributed by atoms with Gasteiger partial charge in [-0.2, -0.15) is 0 Å².